The predicted molar refractivity (Wildman–Crippen MR) is 503 cm³/mol. The first kappa shape index (κ1) is 109. The van der Waals surface area contributed by atoms with Gasteiger partial charge >= 0.3 is 6.18 Å². The second-order valence-electron chi connectivity index (χ2n) is 35.5. The van der Waals surface area contributed by atoms with Gasteiger partial charge in [-0.1, -0.05) is 108 Å². The maximum Gasteiger partial charge on any atom is 0.416 e. The van der Waals surface area contributed by atoms with Crippen molar-refractivity contribution in [2.75, 3.05) is 65.4 Å². The van der Waals surface area contributed by atoms with Crippen molar-refractivity contribution in [1.29, 1.82) is 5.41 Å². The number of thioether (sulfide) groups is 1. The van der Waals surface area contributed by atoms with E-state index in [-0.39, 0.29) is 95.0 Å². The van der Waals surface area contributed by atoms with Gasteiger partial charge in [0.05, 0.1) is 43.3 Å². The highest BCUT2D eigenvalue weighted by molar-refractivity contribution is 8.00. The summed E-state index contributed by atoms with van der Waals surface area (Å²) < 4.78 is 42.9. The molecule has 0 aliphatic carbocycles. The molecule has 6 heterocycles. The van der Waals surface area contributed by atoms with Gasteiger partial charge in [-0.05, 0) is 92.7 Å². The number of nitrogens with zero attached hydrogens (tertiary/aromatic N) is 6. The normalized spacial score (nSPS) is 24.5. The van der Waals surface area contributed by atoms with Gasteiger partial charge in [0.1, 0.15) is 84.6 Å². The van der Waals surface area contributed by atoms with Crippen LogP contribution in [0.2, 0.25) is 0 Å². The fraction of sp³-hybridized carbons (Fsp3) is 0.533. The zero-order chi connectivity index (χ0) is 102. The number of H-pyrrole nitrogens is 3. The third-order valence-electron chi connectivity index (χ3n) is 24.6. The van der Waals surface area contributed by atoms with Crippen LogP contribution < -0.4 is 75.7 Å². The summed E-state index contributed by atoms with van der Waals surface area (Å²) in [6, 6.07) is -5.21. The van der Waals surface area contributed by atoms with Gasteiger partial charge in [0.2, 0.25) is 100 Å². The van der Waals surface area contributed by atoms with Crippen molar-refractivity contribution in [2.24, 2.45) is 23.1 Å². The predicted octanol–water partition coefficient (Wildman–Crippen LogP) is -1.62. The van der Waals surface area contributed by atoms with Gasteiger partial charge in [-0.15, -0.1) is 11.8 Å². The maximum atomic E-state index is 15.8. The second-order valence-corrected chi connectivity index (χ2v) is 36.5. The number of nitrogens with one attached hydrogen (secondary N) is 15. The smallest absolute Gasteiger partial charge is 0.394 e. The number of aliphatic hydroxyl groups excluding tert-OH is 2. The molecule has 3 aliphatic heterocycles. The number of para-hydroxylation sites is 2. The molecule has 3 fully saturated rings. The third-order valence-corrected chi connectivity index (χ3v) is 25.7. The van der Waals surface area contributed by atoms with Crippen LogP contribution in [0.15, 0.2) is 97.7 Å². The summed E-state index contributed by atoms with van der Waals surface area (Å²) >= 11 is 0.648. The van der Waals surface area contributed by atoms with Crippen molar-refractivity contribution in [1.82, 2.24) is 103 Å². The molecule has 15 atom stereocenters. The molecule has 3 aliphatic rings. The van der Waals surface area contributed by atoms with E-state index in [4.69, 9.17) is 22.6 Å². The summed E-state index contributed by atoms with van der Waals surface area (Å²) in [5.41, 5.74) is 17.9. The largest absolute Gasteiger partial charge is 0.416 e. The van der Waals surface area contributed by atoms with Crippen LogP contribution >= 0.6 is 11.8 Å². The van der Waals surface area contributed by atoms with Gasteiger partial charge < -0.3 is 125 Å². The number of alkyl halides is 3. The minimum absolute atomic E-state index is 0.0127. The second kappa shape index (κ2) is 51.1. The van der Waals surface area contributed by atoms with Gasteiger partial charge in [-0.3, -0.25) is 86.9 Å². The average molecular weight is 1960 g/mol. The molecule has 1 unspecified atom stereocenters. The lowest BCUT2D eigenvalue weighted by Crippen LogP contribution is -2.62. The molecule has 6 aromatic rings. The number of primary amides is 2. The molecule has 3 aromatic carbocycles. The van der Waals surface area contributed by atoms with Crippen molar-refractivity contribution in [3.05, 3.63) is 126 Å². The van der Waals surface area contributed by atoms with Gasteiger partial charge in [-0.25, -0.2) is 4.98 Å². The van der Waals surface area contributed by atoms with Crippen LogP contribution in [-0.2, 0) is 113 Å². The molecule has 9 rings (SSSR count). The Labute approximate surface area is 804 Å². The van der Waals surface area contributed by atoms with Crippen LogP contribution in [0.3, 0.4) is 0 Å². The molecule has 47 heteroatoms. The number of imidazole rings is 1. The zero-order valence-electron chi connectivity index (χ0n) is 78.7. The number of nitrogens with two attached hydrogens (primary N) is 3. The maximum absolute atomic E-state index is 15.8. The van der Waals surface area contributed by atoms with Gasteiger partial charge in [-0.2, -0.15) is 13.2 Å². The van der Waals surface area contributed by atoms with E-state index in [9.17, 15) is 66.5 Å². The van der Waals surface area contributed by atoms with Crippen molar-refractivity contribution in [3.63, 3.8) is 0 Å². The minimum Gasteiger partial charge on any atom is -0.394 e. The van der Waals surface area contributed by atoms with Crippen molar-refractivity contribution in [3.8, 4) is 0 Å². The average Bonchev–Trinajstić information content (AvgIpc) is 1.69. The lowest BCUT2D eigenvalue weighted by molar-refractivity contribution is -0.149. The number of aliphatic hydroxyl groups is 2. The van der Waals surface area contributed by atoms with Crippen LogP contribution in [0.4, 0.5) is 13.2 Å². The minimum atomic E-state index is -4.91. The summed E-state index contributed by atoms with van der Waals surface area (Å²) in [5, 5.41) is 60.3. The van der Waals surface area contributed by atoms with Gasteiger partial charge in [0.25, 0.3) is 0 Å². The number of rotatable bonds is 26. The number of carbonyl (C=O) groups is 17. The first-order valence-corrected chi connectivity index (χ1v) is 47.3. The molecule has 43 nitrogen and oxygen atoms in total. The fourth-order valence-corrected chi connectivity index (χ4v) is 17.9. The van der Waals surface area contributed by atoms with Crippen molar-refractivity contribution in [2.45, 2.75) is 241 Å². The number of unbranched alkanes of at least 4 members (excludes halogenated alkanes) is 2. The number of hydrogen-bond acceptors (Lipinski definition) is 22. The molecular formula is C92H127F3N24O19S. The summed E-state index contributed by atoms with van der Waals surface area (Å²) in [6.45, 7) is 5.61. The SMILES string of the molecule is CCCC[C@H]1C(=O)N(C)[C@@H](CCCC)C(=O)N[C@@H](CCCNC(=N)N)C(=O)N[C@H](C(=O)NCC(N)=O)CSCC(=O)N[C@@H](Cc2cccc(C(F)(F)F)c2)C(=O)N(C)[C@@H](C)C(=O)N[C@@H](CC(N)=O)C(=O)N2CCC[C@H]2C(=O)N[C@@H](Cc2cnc[nH]2)C(=O)N[C@@H](CC(C)C)C(=O)N2C[C@H](O)CC2C(=O)N[C@@H](Cc2c[nH]c3ccccc23)C(=O)N[C@@H](CO)C(=O)N[C@@H](Cc2c[nH]c3ccccc23)C(=O)N1C. The summed E-state index contributed by atoms with van der Waals surface area (Å²) in [6.07, 6.45) is -2.35. The number of likely N-dealkylation sites (N-methyl/N-ethyl adjacent to an activating group) is 3. The molecule has 3 saturated heterocycles. The van der Waals surface area contributed by atoms with E-state index < -0.39 is 265 Å². The monoisotopic (exact) mass is 1960 g/mol. The van der Waals surface area contributed by atoms with Crippen LogP contribution in [0.25, 0.3) is 21.8 Å². The Kier molecular flexibility index (Phi) is 40.0. The number of hydrogen-bond donors (Lipinski definition) is 20. The molecule has 756 valence electrons. The Hall–Kier alpha value is -13.7. The van der Waals surface area contributed by atoms with Crippen LogP contribution in [-0.4, -0.2) is 317 Å². The number of aromatic amines is 3. The fourth-order valence-electron chi connectivity index (χ4n) is 17.0. The molecule has 0 bridgehead atoms. The molecule has 23 N–H and O–H groups in total. The Bertz CT molecular complexity index is 5390. The molecule has 139 heavy (non-hydrogen) atoms. The van der Waals surface area contributed by atoms with E-state index >= 15 is 38.4 Å². The molecule has 3 aromatic heterocycles. The summed E-state index contributed by atoms with van der Waals surface area (Å²) in [5.74, 6) is -19.3. The van der Waals surface area contributed by atoms with E-state index in [1.165, 1.54) is 39.6 Å². The number of guanidine groups is 1. The number of benzene rings is 3. The number of fused-ring (bicyclic) bond motifs is 4. The quantitative estimate of drug-likeness (QED) is 0.0165. The molecule has 0 spiro atoms. The Morgan fingerprint density at radius 1 is 0.568 bits per heavy atom. The number of aromatic nitrogens is 4. The summed E-state index contributed by atoms with van der Waals surface area (Å²) in [7, 11) is 3.72. The first-order valence-electron chi connectivity index (χ1n) is 46.2. The lowest BCUT2D eigenvalue weighted by atomic mass is 10.00. The van der Waals surface area contributed by atoms with E-state index in [0.717, 1.165) is 43.7 Å². The van der Waals surface area contributed by atoms with E-state index in [0.29, 0.717) is 70.0 Å². The van der Waals surface area contributed by atoms with E-state index in [2.05, 4.69) is 78.4 Å². The lowest BCUT2D eigenvalue weighted by Gasteiger charge is -2.36. The number of amides is 17. The highest BCUT2D eigenvalue weighted by Crippen LogP contribution is 2.32. The van der Waals surface area contributed by atoms with Crippen LogP contribution in [0.1, 0.15) is 146 Å². The third kappa shape index (κ3) is 30.4. The highest BCUT2D eigenvalue weighted by Gasteiger charge is 2.47. The Morgan fingerprint density at radius 2 is 1.12 bits per heavy atom. The Balaban J connectivity index is 1.11. The highest BCUT2D eigenvalue weighted by atomic mass is 32.2. The first-order chi connectivity index (χ1) is 66.0. The number of halogens is 3. The molecular weight excluding hydrogens is 1830 g/mol. The van der Waals surface area contributed by atoms with E-state index in [1.54, 1.807) is 81.7 Å². The Morgan fingerprint density at radius 3 is 1.71 bits per heavy atom. The zero-order valence-corrected chi connectivity index (χ0v) is 79.6. The van der Waals surface area contributed by atoms with Crippen molar-refractivity contribution < 1.29 is 105 Å². The molecule has 0 radical (unpaired) electrons. The molecule has 0 saturated carbocycles. The standard InChI is InChI=1S/C92H127F3N24O19S/c1-9-11-27-70-83(131)107-61(26-18-30-101-91(98)99)79(127)114-69(78(126)104-43-75(97)123)46-139-47-76(124)106-65(34-51-20-17-21-54(33-51)92(93,94)95)86(134)115(6)50(5)77(125)110-67(39-74(96)122)88(136)118-31-19-29-71(118)84(132)109-63(37-55-42-100-48-105-55)81(129)111-64(32-49(3)4)89(137)119-44-56(121)38-73(119)85(133)108-62(35-52-40-102-59-24-15-13-22-57(52)59)80(128)113-68(45-120)82(130)112-66(36-53-41-103-60-25-16-14-23-58(53)60)87(135)117(8)72(28-12-10-2)90(138)116(70)7/h13-17,20-25,33,40-42,48-50,56,61-73,102-103,120-121H,9-12,18-19,26-32,34-39,43-47H2,1-8H3,(H2,96,122)(H2,97,123)(H,100,105)(H,104,126)(H,106,124)(H,107,131)(H,108,133)(H,109,132)(H,110,125)(H,111,129)(H,112,130)(H,113,128)(H,114,127)(H4,98,99,101)/t50-,56+,61-,62-,63-,64-,65-,66-,67-,68-,69-,70-,71-,72-,73?/m0/s1. The topological polar surface area (TPSA) is 641 Å². The molecule has 17 amide bonds. The van der Waals surface area contributed by atoms with E-state index in [1.807, 2.05) is 6.92 Å². The van der Waals surface area contributed by atoms with Gasteiger partial charge in [0.15, 0.2) is 5.96 Å². The van der Waals surface area contributed by atoms with Crippen LogP contribution in [0.5, 0.6) is 0 Å². The number of carbonyl (C=O) groups excluding carboxylic acids is 17. The van der Waals surface area contributed by atoms with Crippen LogP contribution in [0, 0.1) is 11.3 Å². The van der Waals surface area contributed by atoms with Gasteiger partial charge in [0, 0.05) is 125 Å². The van der Waals surface area contributed by atoms with Crippen molar-refractivity contribution >= 4 is 140 Å². The summed E-state index contributed by atoms with van der Waals surface area (Å²) in [4.78, 5) is 269.